The van der Waals surface area contributed by atoms with Gasteiger partial charge < -0.3 is 14.5 Å². The highest BCUT2D eigenvalue weighted by Crippen LogP contribution is 2.39. The summed E-state index contributed by atoms with van der Waals surface area (Å²) in [5.41, 5.74) is 3.09. The Labute approximate surface area is 229 Å². The number of piperidine rings is 2. The lowest BCUT2D eigenvalue weighted by Gasteiger charge is -2.47. The minimum Gasteiger partial charge on any atom is -0.497 e. The first-order chi connectivity index (χ1) is 19.1. The van der Waals surface area contributed by atoms with Crippen LogP contribution in [-0.4, -0.2) is 70.1 Å². The molecule has 2 aliphatic rings. The van der Waals surface area contributed by atoms with Crippen molar-refractivity contribution in [3.63, 3.8) is 0 Å². The molecule has 0 amide bonds. The standard InChI is InChI=1S/C31H37N5O3/c1-3-29(37)28-17-22(25-10-13-32-27-18-34-31-26(30(25)27)11-14-33-31)12-16-36(28)35-15-4-5-21(19-35)20-39-24-8-6-23(38-2)7-9-24/h6-11,13-14,18,21-22,28,32H,3-5,12,15-17,19-20H2,1-2H3. The molecule has 3 unspecified atom stereocenters. The van der Waals surface area contributed by atoms with Crippen LogP contribution < -0.4 is 9.47 Å². The number of ether oxygens (including phenoxy) is 2. The number of ketones is 1. The molecule has 1 aromatic carbocycles. The van der Waals surface area contributed by atoms with Gasteiger partial charge in [-0.2, -0.15) is 0 Å². The summed E-state index contributed by atoms with van der Waals surface area (Å²) in [6.45, 7) is 5.45. The average Bonchev–Trinajstić information content (AvgIpc) is 3.49. The number of benzene rings is 1. The van der Waals surface area contributed by atoms with Crippen LogP contribution in [0, 0.1) is 5.92 Å². The van der Waals surface area contributed by atoms with Crippen LogP contribution in [0.1, 0.15) is 50.5 Å². The molecule has 5 heterocycles. The number of aromatic nitrogens is 3. The van der Waals surface area contributed by atoms with Gasteiger partial charge in [-0.25, -0.2) is 20.0 Å². The van der Waals surface area contributed by atoms with E-state index in [4.69, 9.17) is 9.47 Å². The number of hydrogen-bond donors (Lipinski definition) is 1. The van der Waals surface area contributed by atoms with Crippen LogP contribution in [0.15, 0.2) is 55.0 Å². The van der Waals surface area contributed by atoms with Gasteiger partial charge in [0.15, 0.2) is 11.4 Å². The fourth-order valence-corrected chi connectivity index (χ4v) is 6.43. The number of H-pyrrole nitrogens is 1. The van der Waals surface area contributed by atoms with E-state index in [0.29, 0.717) is 30.6 Å². The molecule has 1 N–H and O–H groups in total. The Balaban J connectivity index is 1.18. The molecule has 2 saturated heterocycles. The van der Waals surface area contributed by atoms with Crippen LogP contribution in [0.5, 0.6) is 11.5 Å². The van der Waals surface area contributed by atoms with E-state index in [9.17, 15) is 4.79 Å². The van der Waals surface area contributed by atoms with Gasteiger partial charge in [0.05, 0.1) is 31.5 Å². The Hall–Kier alpha value is -3.49. The summed E-state index contributed by atoms with van der Waals surface area (Å²) in [6, 6.07) is 11.9. The average molecular weight is 528 g/mol. The number of hydrazine groups is 1. The first-order valence-electron chi connectivity index (χ1n) is 14.2. The van der Waals surface area contributed by atoms with Crippen molar-refractivity contribution >= 4 is 27.7 Å². The summed E-state index contributed by atoms with van der Waals surface area (Å²) < 4.78 is 11.4. The summed E-state index contributed by atoms with van der Waals surface area (Å²) >= 11 is 0. The smallest absolute Gasteiger partial charge is 0.159 e. The van der Waals surface area contributed by atoms with Crippen LogP contribution in [-0.2, 0) is 4.79 Å². The molecule has 2 aliphatic heterocycles. The molecule has 39 heavy (non-hydrogen) atoms. The number of nitrogens with zero attached hydrogens (tertiary/aromatic N) is 4. The van der Waals surface area contributed by atoms with Gasteiger partial charge in [-0.3, -0.25) is 4.79 Å². The summed E-state index contributed by atoms with van der Waals surface area (Å²) in [7, 11) is 1.67. The lowest BCUT2D eigenvalue weighted by atomic mass is 9.82. The summed E-state index contributed by atoms with van der Waals surface area (Å²) in [5.74, 6) is 2.75. The maximum absolute atomic E-state index is 13.3. The van der Waals surface area contributed by atoms with Crippen molar-refractivity contribution < 1.29 is 14.3 Å². The number of aromatic amines is 1. The second-order valence-electron chi connectivity index (χ2n) is 10.8. The lowest BCUT2D eigenvalue weighted by molar-refractivity contribution is -0.144. The molecule has 8 heteroatoms. The Kier molecular flexibility index (Phi) is 7.48. The molecule has 0 aliphatic carbocycles. The number of carbonyl (C=O) groups excluding carboxylic acids is 1. The SMILES string of the molecule is CCC(=O)C1CC(c2cc[nH]c3cnc4nccc4c23)CCN1N1CCCC(COc2ccc(OC)cc2)C1. The number of hydrogen-bond acceptors (Lipinski definition) is 7. The van der Waals surface area contributed by atoms with Crippen LogP contribution in [0.25, 0.3) is 21.9 Å². The molecule has 8 nitrogen and oxygen atoms in total. The quantitative estimate of drug-likeness (QED) is 0.331. The highest BCUT2D eigenvalue weighted by Gasteiger charge is 2.38. The van der Waals surface area contributed by atoms with E-state index < -0.39 is 0 Å². The number of Topliss-reactive ketones (excluding diaryl/α,β-unsaturated/α-hetero) is 1. The van der Waals surface area contributed by atoms with Gasteiger partial charge >= 0.3 is 0 Å². The Morgan fingerprint density at radius 3 is 2.74 bits per heavy atom. The summed E-state index contributed by atoms with van der Waals surface area (Å²) in [6.07, 6.45) is 10.3. The highest BCUT2D eigenvalue weighted by atomic mass is 16.5. The first kappa shape index (κ1) is 25.8. The minimum absolute atomic E-state index is 0.107. The van der Waals surface area contributed by atoms with E-state index in [2.05, 4.69) is 31.0 Å². The molecule has 6 rings (SSSR count). The maximum Gasteiger partial charge on any atom is 0.159 e. The van der Waals surface area contributed by atoms with Crippen molar-refractivity contribution in [3.8, 4) is 11.5 Å². The predicted octanol–water partition coefficient (Wildman–Crippen LogP) is 5.35. The molecule has 4 aromatic rings. The van der Waals surface area contributed by atoms with Crippen LogP contribution in [0.4, 0.5) is 0 Å². The zero-order valence-corrected chi connectivity index (χ0v) is 22.8. The van der Waals surface area contributed by atoms with E-state index in [1.54, 1.807) is 7.11 Å². The molecular weight excluding hydrogens is 490 g/mol. The topological polar surface area (TPSA) is 83.6 Å². The molecular formula is C31H37N5O3. The van der Waals surface area contributed by atoms with E-state index >= 15 is 0 Å². The zero-order chi connectivity index (χ0) is 26.8. The molecule has 0 radical (unpaired) electrons. The van der Waals surface area contributed by atoms with Gasteiger partial charge in [-0.1, -0.05) is 6.92 Å². The third kappa shape index (κ3) is 5.23. The Bertz CT molecular complexity index is 1440. The number of carbonyl (C=O) groups is 1. The number of rotatable bonds is 8. The van der Waals surface area contributed by atoms with E-state index in [1.807, 2.05) is 55.8 Å². The molecule has 2 fully saturated rings. The Morgan fingerprint density at radius 2 is 1.92 bits per heavy atom. The highest BCUT2D eigenvalue weighted by molar-refractivity contribution is 6.05. The van der Waals surface area contributed by atoms with Crippen LogP contribution in [0.2, 0.25) is 0 Å². The van der Waals surface area contributed by atoms with Crippen LogP contribution in [0.3, 0.4) is 0 Å². The van der Waals surface area contributed by atoms with Gasteiger partial charge in [0.1, 0.15) is 11.5 Å². The van der Waals surface area contributed by atoms with Gasteiger partial charge in [0, 0.05) is 55.1 Å². The molecule has 0 spiro atoms. The fraction of sp³-hybridized carbons (Fsp3) is 0.452. The normalized spacial score (nSPS) is 22.8. The monoisotopic (exact) mass is 527 g/mol. The van der Waals surface area contributed by atoms with E-state index in [-0.39, 0.29) is 6.04 Å². The largest absolute Gasteiger partial charge is 0.497 e. The van der Waals surface area contributed by atoms with Crippen molar-refractivity contribution in [3.05, 3.63) is 60.6 Å². The van der Waals surface area contributed by atoms with Gasteiger partial charge in [0.2, 0.25) is 0 Å². The summed E-state index contributed by atoms with van der Waals surface area (Å²) in [5, 5.41) is 7.10. The second-order valence-corrected chi connectivity index (χ2v) is 10.8. The lowest BCUT2D eigenvalue weighted by Crippen LogP contribution is -2.58. The number of pyridine rings is 2. The number of nitrogens with one attached hydrogen (secondary N) is 1. The van der Waals surface area contributed by atoms with E-state index in [0.717, 1.165) is 73.4 Å². The molecule has 0 bridgehead atoms. The van der Waals surface area contributed by atoms with Crippen molar-refractivity contribution in [1.82, 2.24) is 25.0 Å². The first-order valence-corrected chi connectivity index (χ1v) is 14.2. The third-order valence-corrected chi connectivity index (χ3v) is 8.46. The van der Waals surface area contributed by atoms with Crippen molar-refractivity contribution in [1.29, 1.82) is 0 Å². The number of methoxy groups -OCH3 is 1. The minimum atomic E-state index is -0.107. The Morgan fingerprint density at radius 1 is 1.08 bits per heavy atom. The molecule has 3 atom stereocenters. The second kappa shape index (κ2) is 11.3. The number of fused-ring (bicyclic) bond motifs is 3. The van der Waals surface area contributed by atoms with Crippen molar-refractivity contribution in [2.75, 3.05) is 33.4 Å². The van der Waals surface area contributed by atoms with Gasteiger partial charge in [0.25, 0.3) is 0 Å². The predicted molar refractivity (Wildman–Crippen MR) is 152 cm³/mol. The van der Waals surface area contributed by atoms with Crippen molar-refractivity contribution in [2.24, 2.45) is 5.92 Å². The van der Waals surface area contributed by atoms with Crippen molar-refractivity contribution in [2.45, 2.75) is 51.0 Å². The third-order valence-electron chi connectivity index (χ3n) is 8.46. The van der Waals surface area contributed by atoms with Gasteiger partial charge in [-0.15, -0.1) is 0 Å². The zero-order valence-electron chi connectivity index (χ0n) is 22.8. The fourth-order valence-electron chi connectivity index (χ4n) is 6.43. The molecule has 204 valence electrons. The van der Waals surface area contributed by atoms with Gasteiger partial charge in [-0.05, 0) is 73.6 Å². The maximum atomic E-state index is 13.3. The molecule has 3 aromatic heterocycles. The summed E-state index contributed by atoms with van der Waals surface area (Å²) in [4.78, 5) is 25.6. The van der Waals surface area contributed by atoms with E-state index in [1.165, 1.54) is 10.9 Å². The molecule has 0 saturated carbocycles. The van der Waals surface area contributed by atoms with Crippen LogP contribution >= 0.6 is 0 Å².